The van der Waals surface area contributed by atoms with Gasteiger partial charge in [0.25, 0.3) is 0 Å². The lowest BCUT2D eigenvalue weighted by Gasteiger charge is -2.13. The minimum Gasteiger partial charge on any atom is -0.495 e. The van der Waals surface area contributed by atoms with E-state index in [1.54, 1.807) is 25.3 Å². The molecule has 0 saturated heterocycles. The van der Waals surface area contributed by atoms with Crippen LogP contribution in [0, 0.1) is 6.92 Å². The number of nitrogens with zero attached hydrogens (tertiary/aromatic N) is 3. The summed E-state index contributed by atoms with van der Waals surface area (Å²) in [7, 11) is 1.58. The van der Waals surface area contributed by atoms with Gasteiger partial charge in [-0.05, 0) is 36.8 Å². The maximum Gasteiger partial charge on any atom is 0.249 e. The summed E-state index contributed by atoms with van der Waals surface area (Å²) in [5.74, 6) is 1.47. The molecular weight excluding hydrogens is 361 g/mol. The topological polar surface area (TPSA) is 72.0 Å². The number of rotatable bonds is 5. The standard InChI is InChI=1S/C17H15Cl2N5O/c1-10-6-14(15(25-2)8-13(10)19)22-16-9-20-24-17(23-16)21-12-5-3-4-11(18)7-12/h3-9H,1-2H3,(H2,21,22,23,24). The molecule has 0 amide bonds. The Morgan fingerprint density at radius 1 is 1.08 bits per heavy atom. The van der Waals surface area contributed by atoms with Gasteiger partial charge in [0.1, 0.15) is 5.75 Å². The molecule has 128 valence electrons. The summed E-state index contributed by atoms with van der Waals surface area (Å²) in [6.45, 7) is 1.91. The third kappa shape index (κ3) is 4.29. The largest absolute Gasteiger partial charge is 0.495 e. The van der Waals surface area contributed by atoms with E-state index in [9.17, 15) is 0 Å². The van der Waals surface area contributed by atoms with Gasteiger partial charge in [0.15, 0.2) is 5.82 Å². The summed E-state index contributed by atoms with van der Waals surface area (Å²) in [6, 6.07) is 10.9. The van der Waals surface area contributed by atoms with E-state index < -0.39 is 0 Å². The lowest BCUT2D eigenvalue weighted by atomic mass is 10.2. The molecular formula is C17H15Cl2N5O. The van der Waals surface area contributed by atoms with Gasteiger partial charge in [-0.15, -0.1) is 5.10 Å². The second-order valence-corrected chi connectivity index (χ2v) is 6.07. The molecule has 0 atom stereocenters. The van der Waals surface area contributed by atoms with Crippen LogP contribution in [0.2, 0.25) is 10.0 Å². The average Bonchev–Trinajstić information content (AvgIpc) is 2.58. The van der Waals surface area contributed by atoms with E-state index in [-0.39, 0.29) is 0 Å². The van der Waals surface area contributed by atoms with Gasteiger partial charge in [-0.3, -0.25) is 0 Å². The van der Waals surface area contributed by atoms with Crippen LogP contribution in [0.4, 0.5) is 23.1 Å². The predicted octanol–water partition coefficient (Wildman–Crippen LogP) is 4.98. The number of anilines is 4. The Morgan fingerprint density at radius 2 is 1.92 bits per heavy atom. The highest BCUT2D eigenvalue weighted by atomic mass is 35.5. The number of halogens is 2. The normalized spacial score (nSPS) is 10.4. The fourth-order valence-electron chi connectivity index (χ4n) is 2.18. The van der Waals surface area contributed by atoms with Crippen LogP contribution < -0.4 is 15.4 Å². The summed E-state index contributed by atoms with van der Waals surface area (Å²) in [4.78, 5) is 4.39. The highest BCUT2D eigenvalue weighted by molar-refractivity contribution is 6.31. The highest BCUT2D eigenvalue weighted by Gasteiger charge is 2.09. The van der Waals surface area contributed by atoms with Crippen LogP contribution in [0.25, 0.3) is 0 Å². The van der Waals surface area contributed by atoms with Crippen LogP contribution in [0.15, 0.2) is 42.6 Å². The van der Waals surface area contributed by atoms with Gasteiger partial charge in [0, 0.05) is 21.8 Å². The second-order valence-electron chi connectivity index (χ2n) is 5.23. The summed E-state index contributed by atoms with van der Waals surface area (Å²) < 4.78 is 5.35. The van der Waals surface area contributed by atoms with E-state index in [2.05, 4.69) is 25.8 Å². The molecule has 0 radical (unpaired) electrons. The summed E-state index contributed by atoms with van der Waals surface area (Å²) in [5, 5.41) is 15.4. The number of nitrogens with one attached hydrogen (secondary N) is 2. The van der Waals surface area contributed by atoms with Crippen LogP contribution >= 0.6 is 23.2 Å². The van der Waals surface area contributed by atoms with Gasteiger partial charge < -0.3 is 15.4 Å². The second kappa shape index (κ2) is 7.55. The predicted molar refractivity (Wildman–Crippen MR) is 101 cm³/mol. The Labute approximate surface area is 155 Å². The fraction of sp³-hybridized carbons (Fsp3) is 0.118. The van der Waals surface area contributed by atoms with E-state index in [0.29, 0.717) is 27.6 Å². The summed E-state index contributed by atoms with van der Waals surface area (Å²) in [5.41, 5.74) is 2.43. The smallest absolute Gasteiger partial charge is 0.249 e. The zero-order chi connectivity index (χ0) is 17.8. The average molecular weight is 376 g/mol. The first-order chi connectivity index (χ1) is 12.0. The molecule has 2 N–H and O–H groups in total. The first kappa shape index (κ1) is 17.3. The molecule has 0 spiro atoms. The molecule has 1 aromatic heterocycles. The van der Waals surface area contributed by atoms with Crippen molar-refractivity contribution in [1.29, 1.82) is 0 Å². The maximum atomic E-state index is 6.13. The fourth-order valence-corrected chi connectivity index (χ4v) is 2.52. The zero-order valence-electron chi connectivity index (χ0n) is 13.5. The molecule has 0 bridgehead atoms. The van der Waals surface area contributed by atoms with Crippen molar-refractivity contribution in [2.75, 3.05) is 17.7 Å². The molecule has 8 heteroatoms. The molecule has 3 aromatic rings. The monoisotopic (exact) mass is 375 g/mol. The van der Waals surface area contributed by atoms with Crippen molar-refractivity contribution in [2.24, 2.45) is 0 Å². The van der Waals surface area contributed by atoms with Crippen molar-refractivity contribution >= 4 is 46.3 Å². The van der Waals surface area contributed by atoms with Crippen molar-refractivity contribution in [1.82, 2.24) is 15.2 Å². The number of hydrogen-bond acceptors (Lipinski definition) is 6. The third-order valence-electron chi connectivity index (χ3n) is 3.38. The van der Waals surface area contributed by atoms with Gasteiger partial charge in [-0.2, -0.15) is 10.1 Å². The van der Waals surface area contributed by atoms with E-state index in [0.717, 1.165) is 16.9 Å². The van der Waals surface area contributed by atoms with Gasteiger partial charge >= 0.3 is 0 Å². The quantitative estimate of drug-likeness (QED) is 0.654. The Balaban J connectivity index is 1.84. The molecule has 0 fully saturated rings. The SMILES string of the molecule is COc1cc(Cl)c(C)cc1Nc1cnnc(Nc2cccc(Cl)c2)n1. The molecule has 1 heterocycles. The molecule has 25 heavy (non-hydrogen) atoms. The van der Waals surface area contributed by atoms with Gasteiger partial charge in [-0.1, -0.05) is 29.3 Å². The van der Waals surface area contributed by atoms with Crippen LogP contribution in [-0.4, -0.2) is 22.3 Å². The molecule has 0 aliphatic rings. The Kier molecular flexibility index (Phi) is 5.21. The van der Waals surface area contributed by atoms with Crippen molar-refractivity contribution in [3.05, 3.63) is 58.2 Å². The maximum absolute atomic E-state index is 6.13. The molecule has 0 aliphatic heterocycles. The van der Waals surface area contributed by atoms with Gasteiger partial charge in [-0.25, -0.2) is 0 Å². The lowest BCUT2D eigenvalue weighted by Crippen LogP contribution is -2.03. The summed E-state index contributed by atoms with van der Waals surface area (Å²) in [6.07, 6.45) is 1.52. The van der Waals surface area contributed by atoms with E-state index >= 15 is 0 Å². The minimum atomic E-state index is 0.344. The number of ether oxygens (including phenoxy) is 1. The van der Waals surface area contributed by atoms with Crippen molar-refractivity contribution in [2.45, 2.75) is 6.92 Å². The Morgan fingerprint density at radius 3 is 2.68 bits per heavy atom. The van der Waals surface area contributed by atoms with Crippen LogP contribution in [0.3, 0.4) is 0 Å². The van der Waals surface area contributed by atoms with E-state index in [4.69, 9.17) is 27.9 Å². The number of aromatic nitrogens is 3. The van der Waals surface area contributed by atoms with Gasteiger partial charge in [0.2, 0.25) is 5.95 Å². The Hall–Kier alpha value is -2.57. The first-order valence-electron chi connectivity index (χ1n) is 7.38. The lowest BCUT2D eigenvalue weighted by molar-refractivity contribution is 0.416. The first-order valence-corrected chi connectivity index (χ1v) is 8.14. The summed E-state index contributed by atoms with van der Waals surface area (Å²) >= 11 is 12.1. The third-order valence-corrected chi connectivity index (χ3v) is 4.03. The number of benzene rings is 2. The van der Waals surface area contributed by atoms with E-state index in [1.807, 2.05) is 25.1 Å². The highest BCUT2D eigenvalue weighted by Crippen LogP contribution is 2.32. The van der Waals surface area contributed by atoms with Crippen molar-refractivity contribution in [3.63, 3.8) is 0 Å². The molecule has 0 unspecified atom stereocenters. The molecule has 6 nitrogen and oxygen atoms in total. The van der Waals surface area contributed by atoms with E-state index in [1.165, 1.54) is 6.20 Å². The van der Waals surface area contributed by atoms with Gasteiger partial charge in [0.05, 0.1) is 19.0 Å². The number of aryl methyl sites for hydroxylation is 1. The van der Waals surface area contributed by atoms with Crippen LogP contribution in [0.1, 0.15) is 5.56 Å². The molecule has 3 rings (SSSR count). The van der Waals surface area contributed by atoms with Crippen molar-refractivity contribution in [3.8, 4) is 5.75 Å². The zero-order valence-corrected chi connectivity index (χ0v) is 15.1. The van der Waals surface area contributed by atoms with Crippen molar-refractivity contribution < 1.29 is 4.74 Å². The number of hydrogen-bond donors (Lipinski definition) is 2. The Bertz CT molecular complexity index is 904. The molecule has 0 aliphatic carbocycles. The van der Waals surface area contributed by atoms with Crippen LogP contribution in [0.5, 0.6) is 5.75 Å². The molecule has 2 aromatic carbocycles. The number of methoxy groups -OCH3 is 1. The minimum absolute atomic E-state index is 0.344. The van der Waals surface area contributed by atoms with Crippen LogP contribution in [-0.2, 0) is 0 Å². The molecule has 0 saturated carbocycles.